The van der Waals surface area contributed by atoms with Crippen LogP contribution < -0.4 is 0 Å². The van der Waals surface area contributed by atoms with E-state index in [2.05, 4.69) is 0 Å². The predicted octanol–water partition coefficient (Wildman–Crippen LogP) is 3.71. The van der Waals surface area contributed by atoms with Gasteiger partial charge in [-0.1, -0.05) is 25.0 Å². The Morgan fingerprint density at radius 1 is 1.05 bits per heavy atom. The summed E-state index contributed by atoms with van der Waals surface area (Å²) in [6, 6.07) is 3.57. The minimum absolute atomic E-state index is 0.400. The molecule has 6 heteroatoms. The van der Waals surface area contributed by atoms with Crippen LogP contribution >= 0.6 is 0 Å². The summed E-state index contributed by atoms with van der Waals surface area (Å²) in [5.41, 5.74) is -0.358. The molecule has 116 valence electrons. The van der Waals surface area contributed by atoms with Gasteiger partial charge in [-0.15, -0.1) is 0 Å². The van der Waals surface area contributed by atoms with E-state index in [1.165, 1.54) is 12.1 Å². The highest BCUT2D eigenvalue weighted by Crippen LogP contribution is 2.31. The highest BCUT2D eigenvalue weighted by molar-refractivity contribution is 5.75. The third kappa shape index (κ3) is 3.97. The fourth-order valence-electron chi connectivity index (χ4n) is 2.72. The van der Waals surface area contributed by atoms with Gasteiger partial charge in [0, 0.05) is 0 Å². The number of nitrogens with zero attached hydrogens (tertiary/aromatic N) is 1. The van der Waals surface area contributed by atoms with Gasteiger partial charge in [0.15, 0.2) is 0 Å². The van der Waals surface area contributed by atoms with Crippen LogP contribution in [0.1, 0.15) is 42.9 Å². The number of halogens is 3. The van der Waals surface area contributed by atoms with Gasteiger partial charge in [-0.2, -0.15) is 13.2 Å². The third-order valence-electron chi connectivity index (χ3n) is 3.79. The van der Waals surface area contributed by atoms with Crippen LogP contribution in [0.2, 0.25) is 0 Å². The molecule has 1 atom stereocenters. The van der Waals surface area contributed by atoms with E-state index in [1.807, 2.05) is 4.90 Å². The molecule has 0 aliphatic carbocycles. The molecule has 1 unspecified atom stereocenters. The van der Waals surface area contributed by atoms with Gasteiger partial charge in [-0.25, -0.2) is 0 Å². The van der Waals surface area contributed by atoms with Crippen molar-refractivity contribution < 1.29 is 23.1 Å². The Bertz CT molecular complexity index is 477. The Kier molecular flexibility index (Phi) is 4.88. The zero-order valence-electron chi connectivity index (χ0n) is 11.6. The lowest BCUT2D eigenvalue weighted by molar-refractivity contribution is -0.143. The topological polar surface area (TPSA) is 40.5 Å². The number of rotatable bonds is 3. The minimum Gasteiger partial charge on any atom is -0.480 e. The van der Waals surface area contributed by atoms with Gasteiger partial charge in [-0.3, -0.25) is 9.69 Å². The summed E-state index contributed by atoms with van der Waals surface area (Å²) in [6.07, 6.45) is -0.430. The van der Waals surface area contributed by atoms with Gasteiger partial charge in [0.25, 0.3) is 0 Å². The predicted molar refractivity (Wildman–Crippen MR) is 71.9 cm³/mol. The standard InChI is InChI=1S/C15H18F3NO2/c16-15(17,18)12-7-5-11(6-8-12)13(14(20)21)19-9-3-1-2-4-10-19/h5-8,13H,1-4,9-10H2,(H,20,21). The van der Waals surface area contributed by atoms with Crippen molar-refractivity contribution in [3.8, 4) is 0 Å². The zero-order valence-corrected chi connectivity index (χ0v) is 11.6. The molecule has 1 aromatic rings. The molecule has 0 aromatic heterocycles. The number of carboxylic acid groups (broad SMARTS) is 1. The lowest BCUT2D eigenvalue weighted by atomic mass is 10.0. The Hall–Kier alpha value is -1.56. The van der Waals surface area contributed by atoms with Crippen LogP contribution in [0.3, 0.4) is 0 Å². The van der Waals surface area contributed by atoms with Crippen molar-refractivity contribution in [2.45, 2.75) is 37.9 Å². The van der Waals surface area contributed by atoms with E-state index in [0.717, 1.165) is 37.8 Å². The zero-order chi connectivity index (χ0) is 15.5. The average molecular weight is 301 g/mol. The highest BCUT2D eigenvalue weighted by atomic mass is 19.4. The Labute approximate surface area is 121 Å². The van der Waals surface area contributed by atoms with E-state index in [1.54, 1.807) is 0 Å². The first-order chi connectivity index (χ1) is 9.89. The number of hydrogen-bond donors (Lipinski definition) is 1. The van der Waals surface area contributed by atoms with Crippen LogP contribution in [-0.4, -0.2) is 29.1 Å². The molecule has 1 aliphatic heterocycles. The number of carboxylic acids is 1. The van der Waals surface area contributed by atoms with E-state index in [0.29, 0.717) is 18.7 Å². The molecular weight excluding hydrogens is 283 g/mol. The number of aliphatic carboxylic acids is 1. The van der Waals surface area contributed by atoms with Gasteiger partial charge in [0.05, 0.1) is 5.56 Å². The number of likely N-dealkylation sites (tertiary alicyclic amines) is 1. The van der Waals surface area contributed by atoms with Crippen molar-refractivity contribution >= 4 is 5.97 Å². The van der Waals surface area contributed by atoms with Crippen LogP contribution in [0.25, 0.3) is 0 Å². The summed E-state index contributed by atoms with van der Waals surface area (Å²) < 4.78 is 37.7. The van der Waals surface area contributed by atoms with E-state index in [9.17, 15) is 23.1 Å². The maximum Gasteiger partial charge on any atom is 0.416 e. The highest BCUT2D eigenvalue weighted by Gasteiger charge is 2.32. The second-order valence-corrected chi connectivity index (χ2v) is 5.31. The fourth-order valence-corrected chi connectivity index (χ4v) is 2.72. The van der Waals surface area contributed by atoms with Crippen molar-refractivity contribution in [3.05, 3.63) is 35.4 Å². The van der Waals surface area contributed by atoms with Crippen molar-refractivity contribution in [2.75, 3.05) is 13.1 Å². The largest absolute Gasteiger partial charge is 0.480 e. The Morgan fingerprint density at radius 3 is 2.00 bits per heavy atom. The lowest BCUT2D eigenvalue weighted by Crippen LogP contribution is -2.34. The first kappa shape index (κ1) is 15.8. The number of alkyl halides is 3. The molecule has 1 N–H and O–H groups in total. The Morgan fingerprint density at radius 2 is 1.57 bits per heavy atom. The minimum atomic E-state index is -4.40. The summed E-state index contributed by atoms with van der Waals surface area (Å²) >= 11 is 0. The molecule has 3 nitrogen and oxygen atoms in total. The summed E-state index contributed by atoms with van der Waals surface area (Å²) in [6.45, 7) is 1.33. The van der Waals surface area contributed by atoms with Crippen LogP contribution in [-0.2, 0) is 11.0 Å². The van der Waals surface area contributed by atoms with Crippen molar-refractivity contribution in [3.63, 3.8) is 0 Å². The van der Waals surface area contributed by atoms with E-state index in [-0.39, 0.29) is 0 Å². The molecule has 0 bridgehead atoms. The fraction of sp³-hybridized carbons (Fsp3) is 0.533. The molecule has 2 rings (SSSR count). The summed E-state index contributed by atoms with van der Waals surface area (Å²) in [7, 11) is 0. The van der Waals surface area contributed by atoms with Crippen molar-refractivity contribution in [1.82, 2.24) is 4.90 Å². The smallest absolute Gasteiger partial charge is 0.416 e. The molecule has 0 saturated carbocycles. The molecule has 1 aromatic carbocycles. The average Bonchev–Trinajstić information content (AvgIpc) is 2.67. The normalized spacial score (nSPS) is 19.0. The van der Waals surface area contributed by atoms with Gasteiger partial charge in [0.1, 0.15) is 6.04 Å². The van der Waals surface area contributed by atoms with Crippen LogP contribution in [0, 0.1) is 0 Å². The SMILES string of the molecule is O=C(O)C(c1ccc(C(F)(F)F)cc1)N1CCCCCC1. The molecular formula is C15H18F3NO2. The molecule has 0 radical (unpaired) electrons. The van der Waals surface area contributed by atoms with Crippen molar-refractivity contribution in [2.24, 2.45) is 0 Å². The maximum atomic E-state index is 12.6. The van der Waals surface area contributed by atoms with Gasteiger partial charge < -0.3 is 5.11 Å². The number of carbonyl (C=O) groups is 1. The molecule has 0 spiro atoms. The molecule has 1 heterocycles. The first-order valence-electron chi connectivity index (χ1n) is 7.03. The monoisotopic (exact) mass is 301 g/mol. The van der Waals surface area contributed by atoms with Gasteiger partial charge in [-0.05, 0) is 43.6 Å². The first-order valence-corrected chi connectivity index (χ1v) is 7.03. The Balaban J connectivity index is 2.23. The summed E-state index contributed by atoms with van der Waals surface area (Å²) in [4.78, 5) is 13.4. The van der Waals surface area contributed by atoms with Crippen LogP contribution in [0.5, 0.6) is 0 Å². The van der Waals surface area contributed by atoms with E-state index >= 15 is 0 Å². The molecule has 1 aliphatic rings. The molecule has 1 saturated heterocycles. The summed E-state index contributed by atoms with van der Waals surface area (Å²) in [5, 5.41) is 9.44. The quantitative estimate of drug-likeness (QED) is 0.925. The third-order valence-corrected chi connectivity index (χ3v) is 3.79. The molecule has 21 heavy (non-hydrogen) atoms. The van der Waals surface area contributed by atoms with Gasteiger partial charge in [0.2, 0.25) is 0 Å². The number of hydrogen-bond acceptors (Lipinski definition) is 2. The second-order valence-electron chi connectivity index (χ2n) is 5.31. The lowest BCUT2D eigenvalue weighted by Gasteiger charge is -2.27. The second kappa shape index (κ2) is 6.47. The van der Waals surface area contributed by atoms with Crippen LogP contribution in [0.4, 0.5) is 13.2 Å². The number of benzene rings is 1. The van der Waals surface area contributed by atoms with Crippen LogP contribution in [0.15, 0.2) is 24.3 Å². The maximum absolute atomic E-state index is 12.6. The van der Waals surface area contributed by atoms with Gasteiger partial charge >= 0.3 is 12.1 Å². The van der Waals surface area contributed by atoms with E-state index < -0.39 is 23.8 Å². The molecule has 0 amide bonds. The van der Waals surface area contributed by atoms with E-state index in [4.69, 9.17) is 0 Å². The summed E-state index contributed by atoms with van der Waals surface area (Å²) in [5.74, 6) is -1.02. The van der Waals surface area contributed by atoms with Crippen molar-refractivity contribution in [1.29, 1.82) is 0 Å². The molecule has 1 fully saturated rings.